The van der Waals surface area contributed by atoms with Gasteiger partial charge in [0, 0.05) is 4.47 Å². The molecular formula is C8H9BrClNO. The summed E-state index contributed by atoms with van der Waals surface area (Å²) in [5, 5.41) is 9.42. The number of halogens is 2. The van der Waals surface area contributed by atoms with E-state index in [1.807, 2.05) is 6.07 Å². The van der Waals surface area contributed by atoms with Crippen LogP contribution in [0.5, 0.6) is 0 Å². The van der Waals surface area contributed by atoms with Gasteiger partial charge < -0.3 is 10.8 Å². The zero-order chi connectivity index (χ0) is 9.14. The van der Waals surface area contributed by atoms with Gasteiger partial charge in [0.25, 0.3) is 0 Å². The van der Waals surface area contributed by atoms with Crippen LogP contribution in [0.15, 0.2) is 22.7 Å². The Morgan fingerprint density at radius 1 is 1.58 bits per heavy atom. The molecule has 1 unspecified atom stereocenters. The average molecular weight is 251 g/mol. The number of hydrogen-bond acceptors (Lipinski definition) is 2. The standard InChI is InChI=1S/C8H9BrClNO/c9-8-5(7(11)4-12)2-1-3-6(8)10/h1-3,7,12H,4,11H2. The van der Waals surface area contributed by atoms with Crippen molar-refractivity contribution in [3.63, 3.8) is 0 Å². The molecule has 0 heterocycles. The fourth-order valence-electron chi connectivity index (χ4n) is 0.905. The van der Waals surface area contributed by atoms with Crippen LogP contribution in [0.3, 0.4) is 0 Å². The summed E-state index contributed by atoms with van der Waals surface area (Å²) in [5.74, 6) is 0. The summed E-state index contributed by atoms with van der Waals surface area (Å²) in [4.78, 5) is 0. The first-order chi connectivity index (χ1) is 5.66. The van der Waals surface area contributed by atoms with Gasteiger partial charge in [-0.3, -0.25) is 0 Å². The molecule has 1 aromatic carbocycles. The van der Waals surface area contributed by atoms with Crippen molar-refractivity contribution in [2.24, 2.45) is 5.73 Å². The first-order valence-electron chi connectivity index (χ1n) is 3.47. The monoisotopic (exact) mass is 249 g/mol. The highest BCUT2D eigenvalue weighted by atomic mass is 79.9. The van der Waals surface area contributed by atoms with Crippen molar-refractivity contribution in [3.05, 3.63) is 33.3 Å². The van der Waals surface area contributed by atoms with E-state index in [4.69, 9.17) is 22.4 Å². The zero-order valence-corrected chi connectivity index (χ0v) is 8.64. The minimum absolute atomic E-state index is 0.0844. The lowest BCUT2D eigenvalue weighted by Gasteiger charge is -2.11. The Morgan fingerprint density at radius 2 is 2.25 bits per heavy atom. The molecule has 2 nitrogen and oxygen atoms in total. The Hall–Kier alpha value is -0.0900. The summed E-state index contributed by atoms with van der Waals surface area (Å²) in [6.07, 6.45) is 0. The molecule has 0 aliphatic rings. The molecule has 0 fully saturated rings. The van der Waals surface area contributed by atoms with Gasteiger partial charge in [-0.05, 0) is 27.6 Å². The van der Waals surface area contributed by atoms with E-state index in [1.165, 1.54) is 0 Å². The maximum atomic E-state index is 8.81. The molecule has 12 heavy (non-hydrogen) atoms. The second kappa shape index (κ2) is 4.23. The molecule has 0 aliphatic carbocycles. The van der Waals surface area contributed by atoms with Crippen molar-refractivity contribution < 1.29 is 5.11 Å². The van der Waals surface area contributed by atoms with E-state index in [2.05, 4.69) is 15.9 Å². The highest BCUT2D eigenvalue weighted by Gasteiger charge is 2.09. The Morgan fingerprint density at radius 3 is 2.83 bits per heavy atom. The van der Waals surface area contributed by atoms with Crippen molar-refractivity contribution in [2.45, 2.75) is 6.04 Å². The molecule has 0 saturated carbocycles. The predicted octanol–water partition coefficient (Wildman–Crippen LogP) is 2.09. The van der Waals surface area contributed by atoms with Gasteiger partial charge in [0.15, 0.2) is 0 Å². The fourth-order valence-corrected chi connectivity index (χ4v) is 1.65. The van der Waals surface area contributed by atoms with Crippen LogP contribution in [-0.2, 0) is 0 Å². The summed E-state index contributed by atoms with van der Waals surface area (Å²) in [6.45, 7) is -0.0844. The van der Waals surface area contributed by atoms with Crippen LogP contribution >= 0.6 is 27.5 Å². The van der Waals surface area contributed by atoms with Crippen molar-refractivity contribution in [1.29, 1.82) is 0 Å². The number of rotatable bonds is 2. The summed E-state index contributed by atoms with van der Waals surface area (Å²) in [6, 6.07) is 5.02. The summed E-state index contributed by atoms with van der Waals surface area (Å²) in [5.41, 5.74) is 6.45. The van der Waals surface area contributed by atoms with Gasteiger partial charge in [-0.2, -0.15) is 0 Å². The van der Waals surface area contributed by atoms with Crippen LogP contribution in [0.1, 0.15) is 11.6 Å². The van der Waals surface area contributed by atoms with E-state index >= 15 is 0 Å². The number of aliphatic hydroxyl groups is 1. The Kier molecular flexibility index (Phi) is 3.53. The molecule has 0 aromatic heterocycles. The molecule has 1 rings (SSSR count). The fraction of sp³-hybridized carbons (Fsp3) is 0.250. The Balaban J connectivity index is 3.07. The molecule has 66 valence electrons. The second-order valence-electron chi connectivity index (χ2n) is 2.43. The van der Waals surface area contributed by atoms with E-state index in [0.717, 1.165) is 10.0 Å². The first-order valence-corrected chi connectivity index (χ1v) is 4.64. The zero-order valence-electron chi connectivity index (χ0n) is 6.30. The predicted molar refractivity (Wildman–Crippen MR) is 53.2 cm³/mol. The van der Waals surface area contributed by atoms with Crippen molar-refractivity contribution in [2.75, 3.05) is 6.61 Å². The van der Waals surface area contributed by atoms with Crippen LogP contribution in [0.2, 0.25) is 5.02 Å². The van der Waals surface area contributed by atoms with Crippen LogP contribution in [0.4, 0.5) is 0 Å². The quantitative estimate of drug-likeness (QED) is 0.844. The van der Waals surface area contributed by atoms with Crippen molar-refractivity contribution in [1.82, 2.24) is 0 Å². The second-order valence-corrected chi connectivity index (χ2v) is 3.63. The molecule has 0 spiro atoms. The lowest BCUT2D eigenvalue weighted by Crippen LogP contribution is -2.14. The van der Waals surface area contributed by atoms with E-state index in [9.17, 15) is 0 Å². The third-order valence-corrected chi connectivity index (χ3v) is 3.01. The minimum Gasteiger partial charge on any atom is -0.394 e. The molecule has 0 radical (unpaired) electrons. The molecule has 0 saturated heterocycles. The van der Waals surface area contributed by atoms with Gasteiger partial charge >= 0.3 is 0 Å². The van der Waals surface area contributed by atoms with Gasteiger partial charge in [0.1, 0.15) is 0 Å². The largest absolute Gasteiger partial charge is 0.394 e. The third kappa shape index (κ3) is 1.98. The molecule has 1 atom stereocenters. The summed E-state index contributed by atoms with van der Waals surface area (Å²) < 4.78 is 0.758. The first kappa shape index (κ1) is 9.99. The lowest BCUT2D eigenvalue weighted by atomic mass is 10.1. The van der Waals surface area contributed by atoms with Gasteiger partial charge in [0.2, 0.25) is 0 Å². The van der Waals surface area contributed by atoms with Crippen molar-refractivity contribution in [3.8, 4) is 0 Å². The van der Waals surface area contributed by atoms with Crippen LogP contribution in [0.25, 0.3) is 0 Å². The molecule has 4 heteroatoms. The molecule has 0 amide bonds. The van der Waals surface area contributed by atoms with Gasteiger partial charge in [0.05, 0.1) is 17.7 Å². The highest BCUT2D eigenvalue weighted by Crippen LogP contribution is 2.29. The van der Waals surface area contributed by atoms with E-state index in [1.54, 1.807) is 12.1 Å². The maximum absolute atomic E-state index is 8.81. The van der Waals surface area contributed by atoms with Gasteiger partial charge in [-0.15, -0.1) is 0 Å². The summed E-state index contributed by atoms with van der Waals surface area (Å²) >= 11 is 9.13. The Labute approximate surface area is 84.5 Å². The van der Waals surface area contributed by atoms with Gasteiger partial charge in [-0.1, -0.05) is 23.7 Å². The molecule has 3 N–H and O–H groups in total. The SMILES string of the molecule is NC(CO)c1cccc(Cl)c1Br. The molecular weight excluding hydrogens is 241 g/mol. The number of hydrogen-bond donors (Lipinski definition) is 2. The minimum atomic E-state index is -0.377. The van der Waals surface area contributed by atoms with E-state index in [0.29, 0.717) is 5.02 Å². The average Bonchev–Trinajstić information content (AvgIpc) is 2.08. The topological polar surface area (TPSA) is 46.2 Å². The molecule has 0 aliphatic heterocycles. The van der Waals surface area contributed by atoms with E-state index in [-0.39, 0.29) is 12.6 Å². The number of nitrogens with two attached hydrogens (primary N) is 1. The third-order valence-electron chi connectivity index (χ3n) is 1.58. The maximum Gasteiger partial charge on any atom is 0.0624 e. The smallest absolute Gasteiger partial charge is 0.0624 e. The lowest BCUT2D eigenvalue weighted by molar-refractivity contribution is 0.267. The van der Waals surface area contributed by atoms with Gasteiger partial charge in [-0.25, -0.2) is 0 Å². The van der Waals surface area contributed by atoms with Crippen LogP contribution in [-0.4, -0.2) is 11.7 Å². The van der Waals surface area contributed by atoms with Crippen LogP contribution < -0.4 is 5.73 Å². The van der Waals surface area contributed by atoms with E-state index < -0.39 is 0 Å². The Bertz CT molecular complexity index is 280. The molecule has 0 bridgehead atoms. The normalized spacial score (nSPS) is 13.0. The van der Waals surface area contributed by atoms with Crippen LogP contribution in [0, 0.1) is 0 Å². The number of benzene rings is 1. The number of aliphatic hydroxyl groups excluding tert-OH is 1. The highest BCUT2D eigenvalue weighted by molar-refractivity contribution is 9.10. The van der Waals surface area contributed by atoms with Crippen molar-refractivity contribution >= 4 is 27.5 Å². The summed E-state index contributed by atoms with van der Waals surface area (Å²) in [7, 11) is 0. The molecule has 1 aromatic rings.